The standard InChI is InChI=1S/C51H62N4O5/c52-50-30-39(19-18-37-12-7-11-36(25-37)17-16-35-9-3-1-4-10-35)42(33-55-50)27-41-28-48(59)49(60-34-56)29-38(41)20-21-45(58)31-44(57)14-5-2-6-15-47-46-22-24-53-32-43(46)26-40-13-8-23-54-51(40)47/h1,3-4,7-13,20-21,25,28-30,33,40,43,46-47,51,53-54,56,59H,2,5-6,14-19,22-24,26-27,31-32,34H2,(H2,52,55). The van der Waals surface area contributed by atoms with E-state index in [1.165, 1.54) is 42.0 Å². The zero-order valence-electron chi connectivity index (χ0n) is 34.9. The lowest BCUT2D eigenvalue weighted by Crippen LogP contribution is -2.55. The van der Waals surface area contributed by atoms with Crippen molar-refractivity contribution in [3.05, 3.63) is 136 Å². The lowest BCUT2D eigenvalue weighted by Gasteiger charge is -2.50. The van der Waals surface area contributed by atoms with Gasteiger partial charge in [0.15, 0.2) is 24.1 Å². The van der Waals surface area contributed by atoms with Gasteiger partial charge < -0.3 is 31.3 Å². The zero-order valence-corrected chi connectivity index (χ0v) is 34.9. The summed E-state index contributed by atoms with van der Waals surface area (Å²) >= 11 is 0. The van der Waals surface area contributed by atoms with Gasteiger partial charge in [-0.1, -0.05) is 85.7 Å². The molecule has 1 aliphatic carbocycles. The predicted octanol–water partition coefficient (Wildman–Crippen LogP) is 7.74. The van der Waals surface area contributed by atoms with Crippen molar-refractivity contribution in [2.24, 2.45) is 23.7 Å². The second kappa shape index (κ2) is 21.4. The number of carbonyl (C=O) groups excluding carboxylic acids is 2. The number of phenolic OH excluding ortho intramolecular Hbond substituents is 1. The number of unbranched alkanes of at least 4 members (excludes halogenated alkanes) is 2. The molecule has 1 saturated carbocycles. The largest absolute Gasteiger partial charge is 0.504 e. The highest BCUT2D eigenvalue weighted by molar-refractivity contribution is 6.06. The number of Topliss-reactive ketones (excluding diaryl/α,β-unsaturated/α-hetero) is 1. The fourth-order valence-electron chi connectivity index (χ4n) is 10.0. The molecule has 0 amide bonds. The van der Waals surface area contributed by atoms with Crippen LogP contribution in [0, 0.1) is 23.7 Å². The molecule has 3 heterocycles. The number of aliphatic hydroxyl groups is 1. The second-order valence-electron chi connectivity index (χ2n) is 17.1. The first-order valence-electron chi connectivity index (χ1n) is 22.1. The molecule has 3 aliphatic rings. The number of aliphatic hydroxyl groups excluding tert-OH is 1. The molecule has 0 bridgehead atoms. The Morgan fingerprint density at radius 3 is 2.53 bits per heavy atom. The number of nitrogens with one attached hydrogen (secondary N) is 2. The maximum Gasteiger partial charge on any atom is 0.186 e. The number of carbonyl (C=O) groups is 2. The van der Waals surface area contributed by atoms with Crippen LogP contribution in [0.4, 0.5) is 5.82 Å². The number of phenols is 1. The summed E-state index contributed by atoms with van der Waals surface area (Å²) in [5.74, 6) is 2.92. The van der Waals surface area contributed by atoms with E-state index in [4.69, 9.17) is 10.5 Å². The van der Waals surface area contributed by atoms with E-state index in [0.717, 1.165) is 93.1 Å². The number of hydrogen-bond acceptors (Lipinski definition) is 9. The van der Waals surface area contributed by atoms with Gasteiger partial charge in [-0.2, -0.15) is 0 Å². The van der Waals surface area contributed by atoms with Crippen LogP contribution in [0.25, 0.3) is 6.08 Å². The Bertz CT molecular complexity index is 2120. The highest BCUT2D eigenvalue weighted by atomic mass is 16.6. The molecule has 9 heteroatoms. The van der Waals surface area contributed by atoms with Crippen LogP contribution in [0.3, 0.4) is 0 Å². The average Bonchev–Trinajstić information content (AvgIpc) is 3.26. The lowest BCUT2D eigenvalue weighted by atomic mass is 9.61. The number of nitrogens with two attached hydrogens (primary N) is 1. The summed E-state index contributed by atoms with van der Waals surface area (Å²) in [5, 5.41) is 27.7. The molecule has 4 aromatic rings. The molecule has 5 unspecified atom stereocenters. The molecule has 1 saturated heterocycles. The monoisotopic (exact) mass is 810 g/mol. The number of aryl methyl sites for hydroxylation is 4. The quantitative estimate of drug-likeness (QED) is 0.0199. The number of fused-ring (bicyclic) bond motifs is 2. The van der Waals surface area contributed by atoms with E-state index in [9.17, 15) is 19.8 Å². The number of nitrogens with zero attached hydrogens (tertiary/aromatic N) is 1. The Labute approximate surface area is 355 Å². The minimum atomic E-state index is -0.614. The minimum absolute atomic E-state index is 0.0468. The van der Waals surface area contributed by atoms with Crippen LogP contribution in [0.1, 0.15) is 90.3 Å². The average molecular weight is 811 g/mol. The minimum Gasteiger partial charge on any atom is -0.504 e. The van der Waals surface area contributed by atoms with E-state index in [1.54, 1.807) is 24.4 Å². The van der Waals surface area contributed by atoms with Crippen molar-refractivity contribution in [1.82, 2.24) is 15.6 Å². The van der Waals surface area contributed by atoms with Crippen LogP contribution in [-0.4, -0.2) is 59.2 Å². The van der Waals surface area contributed by atoms with Gasteiger partial charge in [-0.3, -0.25) is 9.59 Å². The van der Waals surface area contributed by atoms with Crippen molar-refractivity contribution in [2.45, 2.75) is 89.5 Å². The molecule has 60 heavy (non-hydrogen) atoms. The van der Waals surface area contributed by atoms with Crippen molar-refractivity contribution >= 4 is 23.5 Å². The molecule has 316 valence electrons. The molecule has 9 nitrogen and oxygen atoms in total. The van der Waals surface area contributed by atoms with Crippen LogP contribution >= 0.6 is 0 Å². The van der Waals surface area contributed by atoms with E-state index in [1.807, 2.05) is 12.1 Å². The first-order chi connectivity index (χ1) is 29.3. The number of aromatic hydroxyl groups is 1. The number of aromatic nitrogens is 1. The maximum absolute atomic E-state index is 13.1. The third-order valence-electron chi connectivity index (χ3n) is 13.0. The van der Waals surface area contributed by atoms with Gasteiger partial charge in [0.25, 0.3) is 0 Å². The SMILES string of the molecule is Nc1cc(CCc2cccc(CCc3ccccc3)c2)c(Cc2cc(O)c(OCO)cc2C=CC(=O)CC(=O)CCCCCC2C3CCNCC3CC3C=CCNC32)cn1. The molecular formula is C51H62N4O5. The summed E-state index contributed by atoms with van der Waals surface area (Å²) in [6.45, 7) is 2.59. The number of ether oxygens (including phenoxy) is 1. The number of hydrogen-bond donors (Lipinski definition) is 5. The molecule has 6 N–H and O–H groups in total. The summed E-state index contributed by atoms with van der Waals surface area (Å²) in [6.07, 6.45) is 20.4. The van der Waals surface area contributed by atoms with E-state index < -0.39 is 6.79 Å². The molecule has 2 aliphatic heterocycles. The van der Waals surface area contributed by atoms with Gasteiger partial charge >= 0.3 is 0 Å². The van der Waals surface area contributed by atoms with Crippen LogP contribution in [0.5, 0.6) is 11.5 Å². The van der Waals surface area contributed by atoms with Crippen LogP contribution in [0.15, 0.2) is 97.2 Å². The highest BCUT2D eigenvalue weighted by Crippen LogP contribution is 2.45. The van der Waals surface area contributed by atoms with Gasteiger partial charge in [-0.25, -0.2) is 4.98 Å². The van der Waals surface area contributed by atoms with E-state index in [2.05, 4.69) is 76.3 Å². The molecule has 1 aromatic heterocycles. The van der Waals surface area contributed by atoms with Crippen LogP contribution < -0.4 is 21.1 Å². The number of rotatable bonds is 20. The molecule has 3 aromatic carbocycles. The predicted molar refractivity (Wildman–Crippen MR) is 239 cm³/mol. The molecule has 2 fully saturated rings. The van der Waals surface area contributed by atoms with E-state index in [0.29, 0.717) is 42.1 Å². The Morgan fingerprint density at radius 1 is 0.900 bits per heavy atom. The van der Waals surface area contributed by atoms with Gasteiger partial charge in [-0.05, 0) is 158 Å². The number of benzene rings is 3. The first kappa shape index (κ1) is 43.0. The number of ketones is 2. The van der Waals surface area contributed by atoms with Crippen molar-refractivity contribution in [3.8, 4) is 11.5 Å². The number of piperidine rings is 1. The summed E-state index contributed by atoms with van der Waals surface area (Å²) in [7, 11) is 0. The number of anilines is 1. The van der Waals surface area contributed by atoms with Crippen LogP contribution in [-0.2, 0) is 41.7 Å². The Hall–Kier alpha value is -5.09. The summed E-state index contributed by atoms with van der Waals surface area (Å²) < 4.78 is 5.28. The van der Waals surface area contributed by atoms with E-state index >= 15 is 0 Å². The van der Waals surface area contributed by atoms with E-state index in [-0.39, 0.29) is 29.5 Å². The van der Waals surface area contributed by atoms with Gasteiger partial charge in [0.1, 0.15) is 11.6 Å². The van der Waals surface area contributed by atoms with Gasteiger partial charge in [0, 0.05) is 25.2 Å². The summed E-state index contributed by atoms with van der Waals surface area (Å²) in [6, 6.07) is 24.9. The molecule has 0 radical (unpaired) electrons. The number of allylic oxidation sites excluding steroid dienone is 1. The zero-order chi connectivity index (χ0) is 41.7. The van der Waals surface area contributed by atoms with Crippen molar-refractivity contribution in [3.63, 3.8) is 0 Å². The van der Waals surface area contributed by atoms with Crippen molar-refractivity contribution in [1.29, 1.82) is 0 Å². The normalized spacial score (nSPS) is 21.1. The summed E-state index contributed by atoms with van der Waals surface area (Å²) in [5.41, 5.74) is 13.4. The number of pyridine rings is 1. The Kier molecular flexibility index (Phi) is 15.4. The molecule has 5 atom stereocenters. The number of nitrogen functional groups attached to an aromatic ring is 1. The molecule has 0 spiro atoms. The maximum atomic E-state index is 13.1. The molecular weight excluding hydrogens is 749 g/mol. The van der Waals surface area contributed by atoms with Crippen molar-refractivity contribution < 1.29 is 24.5 Å². The smallest absolute Gasteiger partial charge is 0.186 e. The fourth-order valence-corrected chi connectivity index (χ4v) is 10.0. The first-order valence-corrected chi connectivity index (χ1v) is 22.1. The van der Waals surface area contributed by atoms with Gasteiger partial charge in [0.2, 0.25) is 0 Å². The fraction of sp³-hybridized carbons (Fsp3) is 0.431. The lowest BCUT2D eigenvalue weighted by molar-refractivity contribution is -0.124. The highest BCUT2D eigenvalue weighted by Gasteiger charge is 2.44. The van der Waals surface area contributed by atoms with Crippen LogP contribution in [0.2, 0.25) is 0 Å². The second-order valence-corrected chi connectivity index (χ2v) is 17.1. The topological polar surface area (TPSA) is 147 Å². The Morgan fingerprint density at radius 2 is 1.70 bits per heavy atom. The third kappa shape index (κ3) is 11.8. The van der Waals surface area contributed by atoms with Gasteiger partial charge in [-0.15, -0.1) is 0 Å². The Balaban J connectivity index is 0.937. The summed E-state index contributed by atoms with van der Waals surface area (Å²) in [4.78, 5) is 30.5. The van der Waals surface area contributed by atoms with Crippen molar-refractivity contribution in [2.75, 3.05) is 32.2 Å². The third-order valence-corrected chi connectivity index (χ3v) is 13.0. The van der Waals surface area contributed by atoms with Gasteiger partial charge in [0.05, 0.1) is 6.42 Å². The molecule has 7 rings (SSSR count).